The van der Waals surface area contributed by atoms with Gasteiger partial charge < -0.3 is 15.7 Å². The Bertz CT molecular complexity index is 949. The Labute approximate surface area is 176 Å². The fourth-order valence-electron chi connectivity index (χ4n) is 2.46. The Morgan fingerprint density at radius 3 is 1.77 bits per heavy atom. The minimum absolute atomic E-state index is 0.0940. The van der Waals surface area contributed by atoms with Crippen molar-refractivity contribution in [3.63, 3.8) is 0 Å². The zero-order valence-electron chi connectivity index (χ0n) is 16.2. The summed E-state index contributed by atoms with van der Waals surface area (Å²) in [6.07, 6.45) is 1.37. The van der Waals surface area contributed by atoms with Gasteiger partial charge in [0.1, 0.15) is 17.3 Å². The standard InChI is InChI=1S/C21H17F2N3O2.CH2O2/c22-17-5-1-14(2-6-17)12-25-20(27)16-9-10-24-19(11-16)21(28)26-13-15-3-7-18(23)8-4-15;2-1-3/h1-11H,12-13H2,(H,25,27)(H,26,28);1H,(H,2,3). The van der Waals surface area contributed by atoms with Crippen LogP contribution >= 0.6 is 0 Å². The first-order valence-electron chi connectivity index (χ1n) is 9.02. The molecule has 9 heteroatoms. The number of halogens is 2. The predicted molar refractivity (Wildman–Crippen MR) is 108 cm³/mol. The molecule has 0 aliphatic rings. The molecule has 0 fully saturated rings. The molecule has 3 rings (SSSR count). The van der Waals surface area contributed by atoms with Crippen LogP contribution in [0.2, 0.25) is 0 Å². The molecule has 3 N–H and O–H groups in total. The van der Waals surface area contributed by atoms with Crippen LogP contribution in [0.1, 0.15) is 32.0 Å². The molecule has 0 saturated carbocycles. The molecular formula is C22H19F2N3O4. The molecule has 1 aromatic heterocycles. The lowest BCUT2D eigenvalue weighted by Gasteiger charge is -2.08. The van der Waals surface area contributed by atoms with Gasteiger partial charge in [0, 0.05) is 24.8 Å². The highest BCUT2D eigenvalue weighted by Gasteiger charge is 2.12. The van der Waals surface area contributed by atoms with E-state index in [-0.39, 0.29) is 48.4 Å². The molecule has 0 saturated heterocycles. The third-order valence-electron chi connectivity index (χ3n) is 3.99. The van der Waals surface area contributed by atoms with Gasteiger partial charge in [0.15, 0.2) is 0 Å². The highest BCUT2D eigenvalue weighted by Crippen LogP contribution is 2.06. The number of hydrogen-bond acceptors (Lipinski definition) is 4. The summed E-state index contributed by atoms with van der Waals surface area (Å²) in [5.41, 5.74) is 1.87. The van der Waals surface area contributed by atoms with Gasteiger partial charge >= 0.3 is 0 Å². The van der Waals surface area contributed by atoms with E-state index < -0.39 is 5.91 Å². The van der Waals surface area contributed by atoms with Crippen molar-refractivity contribution in [1.82, 2.24) is 15.6 Å². The van der Waals surface area contributed by atoms with Gasteiger partial charge in [-0.25, -0.2) is 8.78 Å². The van der Waals surface area contributed by atoms with E-state index in [2.05, 4.69) is 15.6 Å². The van der Waals surface area contributed by atoms with Crippen molar-refractivity contribution < 1.29 is 28.3 Å². The molecular weight excluding hydrogens is 408 g/mol. The van der Waals surface area contributed by atoms with Crippen molar-refractivity contribution in [2.45, 2.75) is 13.1 Å². The van der Waals surface area contributed by atoms with Crippen LogP contribution in [0.25, 0.3) is 0 Å². The van der Waals surface area contributed by atoms with E-state index >= 15 is 0 Å². The highest BCUT2D eigenvalue weighted by atomic mass is 19.1. The Hall–Kier alpha value is -4.14. The number of carboxylic acid groups (broad SMARTS) is 1. The maximum atomic E-state index is 12.9. The summed E-state index contributed by atoms with van der Waals surface area (Å²) in [4.78, 5) is 36.9. The lowest BCUT2D eigenvalue weighted by Crippen LogP contribution is -2.26. The third-order valence-corrected chi connectivity index (χ3v) is 3.99. The number of nitrogens with one attached hydrogen (secondary N) is 2. The van der Waals surface area contributed by atoms with Gasteiger partial charge in [-0.2, -0.15) is 0 Å². The molecule has 2 aromatic carbocycles. The van der Waals surface area contributed by atoms with Crippen LogP contribution in [0.5, 0.6) is 0 Å². The molecule has 1 heterocycles. The first-order valence-corrected chi connectivity index (χ1v) is 9.02. The fraction of sp³-hybridized carbons (Fsp3) is 0.0909. The minimum Gasteiger partial charge on any atom is -0.483 e. The maximum absolute atomic E-state index is 12.9. The van der Waals surface area contributed by atoms with Crippen molar-refractivity contribution in [2.75, 3.05) is 0 Å². The number of rotatable bonds is 6. The normalized spacial score (nSPS) is 9.74. The molecule has 0 aliphatic heterocycles. The van der Waals surface area contributed by atoms with Crippen LogP contribution in [0, 0.1) is 11.6 Å². The van der Waals surface area contributed by atoms with Gasteiger partial charge in [-0.05, 0) is 47.5 Å². The summed E-state index contributed by atoms with van der Waals surface area (Å²) in [5, 5.41) is 12.3. The van der Waals surface area contributed by atoms with Crippen molar-refractivity contribution in [1.29, 1.82) is 0 Å². The van der Waals surface area contributed by atoms with Gasteiger partial charge in [-0.1, -0.05) is 24.3 Å². The Morgan fingerprint density at radius 1 is 0.839 bits per heavy atom. The highest BCUT2D eigenvalue weighted by molar-refractivity contribution is 5.98. The quantitative estimate of drug-likeness (QED) is 0.524. The molecule has 0 radical (unpaired) electrons. The second kappa shape index (κ2) is 11.8. The molecule has 3 aromatic rings. The summed E-state index contributed by atoms with van der Waals surface area (Å²) >= 11 is 0. The zero-order valence-corrected chi connectivity index (χ0v) is 16.2. The molecule has 2 amide bonds. The number of carbonyl (C=O) groups is 3. The monoisotopic (exact) mass is 427 g/mol. The second-order valence-electron chi connectivity index (χ2n) is 6.15. The third kappa shape index (κ3) is 7.65. The molecule has 7 nitrogen and oxygen atoms in total. The van der Waals surface area contributed by atoms with E-state index in [9.17, 15) is 18.4 Å². The van der Waals surface area contributed by atoms with Crippen molar-refractivity contribution in [3.05, 3.63) is 101 Å². The summed E-state index contributed by atoms with van der Waals surface area (Å²) in [6, 6.07) is 14.4. The average molecular weight is 427 g/mol. The van der Waals surface area contributed by atoms with Crippen LogP contribution in [0.3, 0.4) is 0 Å². The summed E-state index contributed by atoms with van der Waals surface area (Å²) in [5.74, 6) is -1.52. The topological polar surface area (TPSA) is 108 Å². The number of amides is 2. The van der Waals surface area contributed by atoms with E-state index in [0.29, 0.717) is 0 Å². The lowest BCUT2D eigenvalue weighted by atomic mass is 10.2. The van der Waals surface area contributed by atoms with E-state index in [1.165, 1.54) is 42.6 Å². The van der Waals surface area contributed by atoms with E-state index in [1.54, 1.807) is 24.3 Å². The Morgan fingerprint density at radius 2 is 1.29 bits per heavy atom. The van der Waals surface area contributed by atoms with Crippen LogP contribution in [-0.2, 0) is 17.9 Å². The van der Waals surface area contributed by atoms with Crippen LogP contribution in [0.4, 0.5) is 8.78 Å². The number of nitrogens with zero attached hydrogens (tertiary/aromatic N) is 1. The fourth-order valence-corrected chi connectivity index (χ4v) is 2.46. The molecule has 0 unspecified atom stereocenters. The summed E-state index contributed by atoms with van der Waals surface area (Å²) < 4.78 is 25.8. The largest absolute Gasteiger partial charge is 0.483 e. The van der Waals surface area contributed by atoms with Crippen LogP contribution < -0.4 is 10.6 Å². The van der Waals surface area contributed by atoms with E-state index in [0.717, 1.165) is 11.1 Å². The molecule has 0 bridgehead atoms. The lowest BCUT2D eigenvalue weighted by molar-refractivity contribution is -0.122. The van der Waals surface area contributed by atoms with E-state index in [1.807, 2.05) is 0 Å². The number of pyridine rings is 1. The molecule has 0 aliphatic carbocycles. The second-order valence-corrected chi connectivity index (χ2v) is 6.15. The van der Waals surface area contributed by atoms with Gasteiger partial charge in [-0.15, -0.1) is 0 Å². The van der Waals surface area contributed by atoms with Gasteiger partial charge in [0.25, 0.3) is 18.3 Å². The van der Waals surface area contributed by atoms with Crippen LogP contribution in [-0.4, -0.2) is 28.4 Å². The molecule has 0 spiro atoms. The van der Waals surface area contributed by atoms with Gasteiger partial charge in [0.2, 0.25) is 0 Å². The average Bonchev–Trinajstić information content (AvgIpc) is 2.78. The Kier molecular flexibility index (Phi) is 8.78. The van der Waals surface area contributed by atoms with E-state index in [4.69, 9.17) is 9.90 Å². The van der Waals surface area contributed by atoms with Crippen molar-refractivity contribution in [3.8, 4) is 0 Å². The predicted octanol–water partition coefficient (Wildman–Crippen LogP) is 2.92. The van der Waals surface area contributed by atoms with Gasteiger partial charge in [0.05, 0.1) is 0 Å². The number of benzene rings is 2. The zero-order chi connectivity index (χ0) is 22.6. The smallest absolute Gasteiger partial charge is 0.290 e. The number of aromatic nitrogens is 1. The SMILES string of the molecule is O=C(NCc1ccc(F)cc1)c1ccnc(C(=O)NCc2ccc(F)cc2)c1.O=CO. The van der Waals surface area contributed by atoms with Gasteiger partial charge in [-0.3, -0.25) is 19.4 Å². The van der Waals surface area contributed by atoms with Crippen molar-refractivity contribution in [2.24, 2.45) is 0 Å². The Balaban J connectivity index is 0.00000107. The molecule has 31 heavy (non-hydrogen) atoms. The van der Waals surface area contributed by atoms with Crippen molar-refractivity contribution >= 4 is 18.3 Å². The summed E-state index contributed by atoms with van der Waals surface area (Å²) in [6.45, 7) is 0.190. The molecule has 160 valence electrons. The first kappa shape index (κ1) is 23.1. The number of hydrogen-bond donors (Lipinski definition) is 3. The summed E-state index contributed by atoms with van der Waals surface area (Å²) in [7, 11) is 0. The minimum atomic E-state index is -0.447. The molecule has 0 atom stereocenters. The van der Waals surface area contributed by atoms with Crippen LogP contribution in [0.15, 0.2) is 66.9 Å². The number of carbonyl (C=O) groups excluding carboxylic acids is 2. The first-order chi connectivity index (χ1) is 14.9. The maximum Gasteiger partial charge on any atom is 0.290 e.